The highest BCUT2D eigenvalue weighted by atomic mass is 16.6. The number of carbonyl (C=O) groups is 1. The number of hydrogen-bond donors (Lipinski definition) is 2. The van der Waals surface area contributed by atoms with E-state index in [9.17, 15) is 20.0 Å². The third kappa shape index (κ3) is 4.53. The zero-order chi connectivity index (χ0) is 15.3. The van der Waals surface area contributed by atoms with Crippen LogP contribution in [0.15, 0.2) is 24.3 Å². The summed E-state index contributed by atoms with van der Waals surface area (Å²) >= 11 is 0. The van der Waals surface area contributed by atoms with Crippen LogP contribution in [0.5, 0.6) is 0 Å². The molecule has 6 heteroatoms. The van der Waals surface area contributed by atoms with Gasteiger partial charge in [0.15, 0.2) is 0 Å². The van der Waals surface area contributed by atoms with E-state index >= 15 is 0 Å². The maximum absolute atomic E-state index is 11.9. The summed E-state index contributed by atoms with van der Waals surface area (Å²) < 4.78 is 0. The van der Waals surface area contributed by atoms with Gasteiger partial charge in [0, 0.05) is 18.7 Å². The summed E-state index contributed by atoms with van der Waals surface area (Å²) in [6.45, 7) is 0.251. The van der Waals surface area contributed by atoms with E-state index in [1.807, 2.05) is 0 Å². The van der Waals surface area contributed by atoms with E-state index in [1.165, 1.54) is 12.1 Å². The van der Waals surface area contributed by atoms with Crippen LogP contribution in [0.4, 0.5) is 5.69 Å². The third-order valence-electron chi connectivity index (χ3n) is 3.88. The van der Waals surface area contributed by atoms with Crippen molar-refractivity contribution in [2.75, 3.05) is 6.54 Å². The molecule has 1 aromatic rings. The van der Waals surface area contributed by atoms with E-state index in [2.05, 4.69) is 5.32 Å². The number of nitro groups is 1. The topological polar surface area (TPSA) is 92.5 Å². The molecule has 114 valence electrons. The fourth-order valence-electron chi connectivity index (χ4n) is 2.68. The zero-order valence-electron chi connectivity index (χ0n) is 11.9. The molecule has 0 bridgehead atoms. The first-order valence-electron chi connectivity index (χ1n) is 7.21. The Kier molecular flexibility index (Phi) is 4.90. The van der Waals surface area contributed by atoms with E-state index in [0.717, 1.165) is 19.3 Å². The summed E-state index contributed by atoms with van der Waals surface area (Å²) in [6, 6.07) is 6.04. The summed E-state index contributed by atoms with van der Waals surface area (Å²) in [7, 11) is 0. The first-order valence-corrected chi connectivity index (χ1v) is 7.21. The molecule has 0 atom stereocenters. The fourth-order valence-corrected chi connectivity index (χ4v) is 2.68. The summed E-state index contributed by atoms with van der Waals surface area (Å²) in [5, 5.41) is 23.7. The molecular formula is C15H20N2O4. The molecule has 1 fully saturated rings. The lowest BCUT2D eigenvalue weighted by Crippen LogP contribution is -2.44. The fraction of sp³-hybridized carbons (Fsp3) is 0.533. The molecule has 1 aliphatic rings. The lowest BCUT2D eigenvalue weighted by molar-refractivity contribution is -0.384. The smallest absolute Gasteiger partial charge is 0.269 e. The van der Waals surface area contributed by atoms with Crippen molar-refractivity contribution in [2.24, 2.45) is 0 Å². The SMILES string of the molecule is O=C(Cc1cccc([N+](=O)[O-])c1)NCC1(O)CCCCC1. The van der Waals surface area contributed by atoms with Gasteiger partial charge in [-0.3, -0.25) is 14.9 Å². The van der Waals surface area contributed by atoms with Crippen molar-refractivity contribution in [1.82, 2.24) is 5.32 Å². The Morgan fingerprint density at radius 2 is 2.05 bits per heavy atom. The number of nitro benzene ring substituents is 1. The summed E-state index contributed by atoms with van der Waals surface area (Å²) in [5.74, 6) is -0.227. The molecular weight excluding hydrogens is 272 g/mol. The number of carbonyl (C=O) groups excluding carboxylic acids is 1. The van der Waals surface area contributed by atoms with Gasteiger partial charge in [0.25, 0.3) is 5.69 Å². The Bertz CT molecular complexity index is 524. The van der Waals surface area contributed by atoms with Gasteiger partial charge in [-0.2, -0.15) is 0 Å². The predicted octanol–water partition coefficient (Wildman–Crippen LogP) is 1.95. The van der Waals surface area contributed by atoms with Crippen molar-refractivity contribution in [3.8, 4) is 0 Å². The van der Waals surface area contributed by atoms with Gasteiger partial charge in [0.2, 0.25) is 5.91 Å². The Morgan fingerprint density at radius 1 is 1.33 bits per heavy atom. The normalized spacial score (nSPS) is 17.2. The van der Waals surface area contributed by atoms with Crippen LogP contribution in [0.25, 0.3) is 0 Å². The van der Waals surface area contributed by atoms with E-state index < -0.39 is 10.5 Å². The van der Waals surface area contributed by atoms with E-state index in [1.54, 1.807) is 12.1 Å². The number of hydrogen-bond acceptors (Lipinski definition) is 4. The molecule has 1 saturated carbocycles. The molecule has 2 rings (SSSR count). The number of amides is 1. The average molecular weight is 292 g/mol. The Balaban J connectivity index is 1.87. The Morgan fingerprint density at radius 3 is 2.71 bits per heavy atom. The van der Waals surface area contributed by atoms with Crippen LogP contribution in [0.3, 0.4) is 0 Å². The average Bonchev–Trinajstić information content (AvgIpc) is 2.46. The van der Waals surface area contributed by atoms with Gasteiger partial charge in [0.1, 0.15) is 0 Å². The van der Waals surface area contributed by atoms with Crippen molar-refractivity contribution in [3.05, 3.63) is 39.9 Å². The molecule has 2 N–H and O–H groups in total. The number of nitrogens with one attached hydrogen (secondary N) is 1. The van der Waals surface area contributed by atoms with Gasteiger partial charge < -0.3 is 10.4 Å². The van der Waals surface area contributed by atoms with Crippen LogP contribution >= 0.6 is 0 Å². The lowest BCUT2D eigenvalue weighted by Gasteiger charge is -2.32. The number of aliphatic hydroxyl groups is 1. The number of non-ortho nitro benzene ring substituents is 1. The summed E-state index contributed by atoms with van der Waals surface area (Å²) in [5.41, 5.74) is -0.222. The molecule has 0 saturated heterocycles. The Hall–Kier alpha value is -1.95. The van der Waals surface area contributed by atoms with E-state index in [4.69, 9.17) is 0 Å². The summed E-state index contributed by atoms with van der Waals surface area (Å²) in [6.07, 6.45) is 4.60. The van der Waals surface area contributed by atoms with Gasteiger partial charge in [-0.1, -0.05) is 31.4 Å². The molecule has 0 aliphatic heterocycles. The standard InChI is InChI=1S/C15H20N2O4/c18-14(16-11-15(19)7-2-1-3-8-15)10-12-5-4-6-13(9-12)17(20)21/h4-6,9,19H,1-3,7-8,10-11H2,(H,16,18). The minimum atomic E-state index is -0.795. The highest BCUT2D eigenvalue weighted by Crippen LogP contribution is 2.27. The third-order valence-corrected chi connectivity index (χ3v) is 3.88. The van der Waals surface area contributed by atoms with Crippen LogP contribution in [-0.4, -0.2) is 28.1 Å². The van der Waals surface area contributed by atoms with Crippen LogP contribution in [-0.2, 0) is 11.2 Å². The zero-order valence-corrected chi connectivity index (χ0v) is 11.9. The van der Waals surface area contributed by atoms with Gasteiger partial charge in [0.05, 0.1) is 16.9 Å². The highest BCUT2D eigenvalue weighted by molar-refractivity contribution is 5.78. The van der Waals surface area contributed by atoms with E-state index in [-0.39, 0.29) is 24.6 Å². The lowest BCUT2D eigenvalue weighted by atomic mass is 9.85. The molecule has 0 spiro atoms. The quantitative estimate of drug-likeness (QED) is 0.641. The maximum atomic E-state index is 11.9. The molecule has 1 amide bonds. The van der Waals surface area contributed by atoms with Crippen molar-refractivity contribution in [1.29, 1.82) is 0 Å². The molecule has 1 aliphatic carbocycles. The van der Waals surface area contributed by atoms with Crippen LogP contribution < -0.4 is 5.32 Å². The molecule has 1 aromatic carbocycles. The molecule has 21 heavy (non-hydrogen) atoms. The molecule has 0 radical (unpaired) electrons. The number of benzene rings is 1. The highest BCUT2D eigenvalue weighted by Gasteiger charge is 2.29. The summed E-state index contributed by atoms with van der Waals surface area (Å²) in [4.78, 5) is 22.1. The maximum Gasteiger partial charge on any atom is 0.269 e. The number of rotatable bonds is 5. The minimum Gasteiger partial charge on any atom is -0.388 e. The van der Waals surface area contributed by atoms with Gasteiger partial charge >= 0.3 is 0 Å². The molecule has 0 heterocycles. The van der Waals surface area contributed by atoms with Crippen molar-refractivity contribution < 1.29 is 14.8 Å². The minimum absolute atomic E-state index is 0.0220. The van der Waals surface area contributed by atoms with Crippen molar-refractivity contribution >= 4 is 11.6 Å². The molecule has 6 nitrogen and oxygen atoms in total. The number of nitrogens with zero attached hydrogens (tertiary/aromatic N) is 1. The van der Waals surface area contributed by atoms with Crippen LogP contribution in [0.1, 0.15) is 37.7 Å². The Labute approximate surface area is 123 Å². The van der Waals surface area contributed by atoms with Crippen LogP contribution in [0.2, 0.25) is 0 Å². The van der Waals surface area contributed by atoms with Gasteiger partial charge in [-0.15, -0.1) is 0 Å². The monoisotopic (exact) mass is 292 g/mol. The molecule has 0 unspecified atom stereocenters. The first kappa shape index (κ1) is 15.4. The first-order chi connectivity index (χ1) is 9.98. The van der Waals surface area contributed by atoms with Gasteiger partial charge in [-0.05, 0) is 18.4 Å². The molecule has 0 aromatic heterocycles. The van der Waals surface area contributed by atoms with Gasteiger partial charge in [-0.25, -0.2) is 0 Å². The predicted molar refractivity (Wildman–Crippen MR) is 77.8 cm³/mol. The second kappa shape index (κ2) is 6.67. The van der Waals surface area contributed by atoms with Crippen LogP contribution in [0, 0.1) is 10.1 Å². The largest absolute Gasteiger partial charge is 0.388 e. The van der Waals surface area contributed by atoms with Crippen molar-refractivity contribution in [3.63, 3.8) is 0 Å². The second-order valence-corrected chi connectivity index (χ2v) is 5.67. The van der Waals surface area contributed by atoms with Crippen molar-refractivity contribution in [2.45, 2.75) is 44.1 Å². The second-order valence-electron chi connectivity index (χ2n) is 5.67. The van der Waals surface area contributed by atoms with E-state index in [0.29, 0.717) is 18.4 Å².